The van der Waals surface area contributed by atoms with Crippen molar-refractivity contribution in [2.24, 2.45) is 0 Å². The summed E-state index contributed by atoms with van der Waals surface area (Å²) in [5.41, 5.74) is 0.849. The molecular weight excluding hydrogens is 321 g/mol. The molecule has 1 saturated heterocycles. The van der Waals surface area contributed by atoms with Gasteiger partial charge in [0.25, 0.3) is 0 Å². The van der Waals surface area contributed by atoms with Gasteiger partial charge in [0.2, 0.25) is 0 Å². The number of nitrogens with one attached hydrogen (secondary N) is 1. The molecule has 1 heterocycles. The van der Waals surface area contributed by atoms with Gasteiger partial charge in [-0.05, 0) is 36.6 Å². The van der Waals surface area contributed by atoms with Gasteiger partial charge in [-0.1, -0.05) is 41.8 Å². The lowest BCUT2D eigenvalue weighted by atomic mass is 9.91. The first kappa shape index (κ1) is 15.2. The van der Waals surface area contributed by atoms with Gasteiger partial charge in [-0.3, -0.25) is 4.21 Å². The number of thiocarbonyl (C=S) groups is 1. The Balaban J connectivity index is 2.60. The molecule has 0 radical (unpaired) electrons. The van der Waals surface area contributed by atoms with Crippen molar-refractivity contribution >= 4 is 51.2 Å². The lowest BCUT2D eigenvalue weighted by Crippen LogP contribution is -2.47. The summed E-state index contributed by atoms with van der Waals surface area (Å²) in [4.78, 5) is 0.601. The van der Waals surface area contributed by atoms with E-state index in [4.69, 9.17) is 35.4 Å². The van der Waals surface area contributed by atoms with Crippen LogP contribution in [0.3, 0.4) is 0 Å². The van der Waals surface area contributed by atoms with Gasteiger partial charge in [0.15, 0.2) is 0 Å². The molecule has 2 rings (SSSR count). The molecule has 1 N–H and O–H groups in total. The molecule has 0 bridgehead atoms. The molecule has 0 aromatic heterocycles. The molecular formula is C13H15Cl2NOS2. The molecule has 2 nitrogen and oxygen atoms in total. The minimum Gasteiger partial charge on any atom is -0.381 e. The lowest BCUT2D eigenvalue weighted by molar-refractivity contribution is 0.574. The van der Waals surface area contributed by atoms with Crippen molar-refractivity contribution in [2.75, 3.05) is 12.8 Å². The van der Waals surface area contributed by atoms with Gasteiger partial charge in [-0.25, -0.2) is 0 Å². The Hall–Kier alpha value is -0.160. The minimum absolute atomic E-state index is 0.545. The van der Waals surface area contributed by atoms with E-state index in [0.717, 1.165) is 24.8 Å². The van der Waals surface area contributed by atoms with Crippen LogP contribution in [-0.2, 0) is 15.5 Å². The van der Waals surface area contributed by atoms with Crippen LogP contribution < -0.4 is 5.32 Å². The van der Waals surface area contributed by atoms with E-state index >= 15 is 0 Å². The van der Waals surface area contributed by atoms with E-state index in [-0.39, 0.29) is 0 Å². The van der Waals surface area contributed by atoms with Gasteiger partial charge >= 0.3 is 0 Å². The van der Waals surface area contributed by atoms with E-state index < -0.39 is 15.5 Å². The van der Waals surface area contributed by atoms with E-state index in [0.29, 0.717) is 20.8 Å². The maximum absolute atomic E-state index is 12.6. The summed E-state index contributed by atoms with van der Waals surface area (Å²) in [7, 11) is 0.711. The molecule has 1 aromatic carbocycles. The van der Waals surface area contributed by atoms with Crippen molar-refractivity contribution in [3.63, 3.8) is 0 Å². The first-order chi connectivity index (χ1) is 9.00. The number of hydrogen-bond donors (Lipinski definition) is 1. The van der Waals surface area contributed by atoms with Crippen molar-refractivity contribution < 1.29 is 4.21 Å². The Bertz CT molecular complexity index is 505. The fraction of sp³-hybridized carbons (Fsp3) is 0.462. The molecule has 0 amide bonds. The van der Waals surface area contributed by atoms with Gasteiger partial charge in [0.05, 0.1) is 4.99 Å². The van der Waals surface area contributed by atoms with E-state index in [2.05, 4.69) is 5.32 Å². The van der Waals surface area contributed by atoms with Gasteiger partial charge in [0.1, 0.15) is 4.75 Å². The predicted octanol–water partition coefficient (Wildman–Crippen LogP) is 3.67. The highest BCUT2D eigenvalue weighted by atomic mass is 35.5. The normalized spacial score (nSPS) is 27.0. The SMILES string of the molecule is CNC(=S)[C@@]1(c2cc(Cl)cc(Cl)c2)CCCC[S@]1=O. The summed E-state index contributed by atoms with van der Waals surface area (Å²) in [5, 5.41) is 4.09. The van der Waals surface area contributed by atoms with Crippen LogP contribution in [0.1, 0.15) is 24.8 Å². The topological polar surface area (TPSA) is 29.1 Å². The zero-order valence-electron chi connectivity index (χ0n) is 10.5. The standard InChI is InChI=1S/C13H15Cl2NOS2/c1-16-12(18)13(4-2-3-5-19(13)17)9-6-10(14)8-11(15)7-9/h6-8H,2-5H2,1H3,(H,16,18)/t13-,19+/m0/s1. The van der Waals surface area contributed by atoms with Gasteiger partial charge < -0.3 is 5.32 Å². The van der Waals surface area contributed by atoms with Crippen molar-refractivity contribution in [1.29, 1.82) is 0 Å². The molecule has 6 heteroatoms. The van der Waals surface area contributed by atoms with Crippen LogP contribution in [-0.4, -0.2) is 22.0 Å². The van der Waals surface area contributed by atoms with Crippen molar-refractivity contribution in [3.8, 4) is 0 Å². The highest BCUT2D eigenvalue weighted by molar-refractivity contribution is 7.90. The van der Waals surface area contributed by atoms with Crippen LogP contribution in [0, 0.1) is 0 Å². The van der Waals surface area contributed by atoms with Crippen molar-refractivity contribution in [1.82, 2.24) is 5.32 Å². The van der Waals surface area contributed by atoms with E-state index in [1.165, 1.54) is 0 Å². The Labute approximate surface area is 131 Å². The molecule has 0 saturated carbocycles. The van der Waals surface area contributed by atoms with Crippen molar-refractivity contribution in [3.05, 3.63) is 33.8 Å². The summed E-state index contributed by atoms with van der Waals surface area (Å²) in [5.74, 6) is 0.659. The van der Waals surface area contributed by atoms with Crippen LogP contribution in [0.2, 0.25) is 10.0 Å². The van der Waals surface area contributed by atoms with Gasteiger partial charge in [0, 0.05) is 33.6 Å². The van der Waals surface area contributed by atoms with Gasteiger partial charge in [-0.2, -0.15) is 0 Å². The number of hydrogen-bond acceptors (Lipinski definition) is 2. The average Bonchev–Trinajstić information content (AvgIpc) is 2.37. The highest BCUT2D eigenvalue weighted by Gasteiger charge is 2.44. The Morgan fingerprint density at radius 3 is 2.47 bits per heavy atom. The molecule has 1 fully saturated rings. The Morgan fingerprint density at radius 2 is 1.95 bits per heavy atom. The number of rotatable bonds is 2. The van der Waals surface area contributed by atoms with Crippen LogP contribution >= 0.6 is 35.4 Å². The Kier molecular flexibility index (Phi) is 4.88. The summed E-state index contributed by atoms with van der Waals surface area (Å²) < 4.78 is 12.0. The largest absolute Gasteiger partial charge is 0.381 e. The average molecular weight is 336 g/mol. The van der Waals surface area contributed by atoms with Crippen LogP contribution in [0.15, 0.2) is 18.2 Å². The summed E-state index contributed by atoms with van der Waals surface area (Å²) >= 11 is 17.6. The lowest BCUT2D eigenvalue weighted by Gasteiger charge is -2.37. The van der Waals surface area contributed by atoms with Gasteiger partial charge in [-0.15, -0.1) is 0 Å². The third-order valence-electron chi connectivity index (χ3n) is 3.42. The molecule has 1 aliphatic rings. The monoisotopic (exact) mass is 335 g/mol. The quantitative estimate of drug-likeness (QED) is 0.836. The first-order valence-electron chi connectivity index (χ1n) is 6.08. The van der Waals surface area contributed by atoms with Crippen LogP contribution in [0.5, 0.6) is 0 Å². The molecule has 0 unspecified atom stereocenters. The Morgan fingerprint density at radius 1 is 1.32 bits per heavy atom. The maximum Gasteiger partial charge on any atom is 0.121 e. The zero-order chi connectivity index (χ0) is 14.0. The van der Waals surface area contributed by atoms with Crippen molar-refractivity contribution in [2.45, 2.75) is 24.0 Å². The second-order valence-electron chi connectivity index (χ2n) is 4.57. The third kappa shape index (κ3) is 2.82. The third-order valence-corrected chi connectivity index (χ3v) is 6.62. The molecule has 104 valence electrons. The summed E-state index contributed by atoms with van der Waals surface area (Å²) in [6.07, 6.45) is 2.72. The molecule has 2 atom stereocenters. The smallest absolute Gasteiger partial charge is 0.121 e. The molecule has 19 heavy (non-hydrogen) atoms. The number of benzene rings is 1. The summed E-state index contributed by atoms with van der Waals surface area (Å²) in [6.45, 7) is 0. The maximum atomic E-state index is 12.6. The number of likely N-dealkylation sites (N-methyl/N-ethyl adjacent to an activating group) is 1. The van der Waals surface area contributed by atoms with E-state index in [9.17, 15) is 4.21 Å². The number of halogens is 2. The fourth-order valence-electron chi connectivity index (χ4n) is 2.51. The van der Waals surface area contributed by atoms with Crippen LogP contribution in [0.4, 0.5) is 0 Å². The van der Waals surface area contributed by atoms with E-state index in [1.54, 1.807) is 13.1 Å². The molecule has 0 aliphatic carbocycles. The summed E-state index contributed by atoms with van der Waals surface area (Å²) in [6, 6.07) is 5.31. The minimum atomic E-state index is -1.06. The molecule has 1 aliphatic heterocycles. The molecule has 0 spiro atoms. The van der Waals surface area contributed by atoms with E-state index in [1.807, 2.05) is 12.1 Å². The highest BCUT2D eigenvalue weighted by Crippen LogP contribution is 2.40. The zero-order valence-corrected chi connectivity index (χ0v) is 13.7. The van der Waals surface area contributed by atoms with Crippen LogP contribution in [0.25, 0.3) is 0 Å². The second-order valence-corrected chi connectivity index (χ2v) is 7.65. The first-order valence-corrected chi connectivity index (χ1v) is 8.56. The fourth-order valence-corrected chi connectivity index (χ4v) is 5.41. The molecule has 1 aromatic rings. The second kappa shape index (κ2) is 6.08. The predicted molar refractivity (Wildman–Crippen MR) is 86.7 cm³/mol.